The van der Waals surface area contributed by atoms with E-state index in [-0.39, 0.29) is 5.82 Å². The van der Waals surface area contributed by atoms with E-state index in [0.717, 1.165) is 18.7 Å². The van der Waals surface area contributed by atoms with Crippen molar-refractivity contribution in [1.29, 1.82) is 0 Å². The molecule has 2 aromatic rings. The number of fused-ring (bicyclic) bond motifs is 2. The van der Waals surface area contributed by atoms with Crippen LogP contribution in [0.4, 0.5) is 4.39 Å². The van der Waals surface area contributed by atoms with E-state index in [1.165, 1.54) is 37.3 Å². The highest BCUT2D eigenvalue weighted by molar-refractivity contribution is 5.30. The van der Waals surface area contributed by atoms with Crippen molar-refractivity contribution in [2.45, 2.75) is 50.2 Å². The maximum atomic E-state index is 13.2. The minimum atomic E-state index is -0.170. The minimum absolute atomic E-state index is 0.170. The molecule has 2 fully saturated rings. The zero-order chi connectivity index (χ0) is 17.9. The van der Waals surface area contributed by atoms with Crippen LogP contribution in [0.3, 0.4) is 0 Å². The van der Waals surface area contributed by atoms with Gasteiger partial charge in [0.2, 0.25) is 0 Å². The molecule has 0 spiro atoms. The normalized spacial score (nSPS) is 25.5. The Morgan fingerprint density at radius 2 is 1.81 bits per heavy atom. The fraction of sp³-hybridized carbons (Fsp3) is 0.455. The Kier molecular flexibility index (Phi) is 5.23. The highest BCUT2D eigenvalue weighted by Gasteiger charge is 2.40. The van der Waals surface area contributed by atoms with Crippen LogP contribution < -0.4 is 5.32 Å². The summed E-state index contributed by atoms with van der Waals surface area (Å²) in [4.78, 5) is 2.66. The van der Waals surface area contributed by atoms with Crippen molar-refractivity contribution in [2.24, 2.45) is 0 Å². The van der Waals surface area contributed by atoms with Crippen molar-refractivity contribution < 1.29 is 9.50 Å². The molecular formula is C22H27FN2O. The molecule has 3 atom stereocenters. The minimum Gasteiger partial charge on any atom is -0.508 e. The number of halogens is 1. The first-order valence-electron chi connectivity index (χ1n) is 9.69. The van der Waals surface area contributed by atoms with Crippen LogP contribution in [0.25, 0.3) is 0 Å². The van der Waals surface area contributed by atoms with Crippen molar-refractivity contribution >= 4 is 0 Å². The average Bonchev–Trinajstić information content (AvgIpc) is 2.86. The van der Waals surface area contributed by atoms with E-state index in [9.17, 15) is 9.50 Å². The molecule has 0 aromatic heterocycles. The van der Waals surface area contributed by atoms with Gasteiger partial charge >= 0.3 is 0 Å². The second kappa shape index (κ2) is 7.77. The number of benzene rings is 2. The Hall–Kier alpha value is -1.91. The van der Waals surface area contributed by atoms with Gasteiger partial charge in [-0.1, -0.05) is 24.3 Å². The molecular weight excluding hydrogens is 327 g/mol. The Morgan fingerprint density at radius 1 is 1.04 bits per heavy atom. The molecule has 0 saturated carbocycles. The van der Waals surface area contributed by atoms with Crippen molar-refractivity contribution in [3.05, 3.63) is 65.5 Å². The summed E-state index contributed by atoms with van der Waals surface area (Å²) in [6.07, 6.45) is 4.93. The monoisotopic (exact) mass is 354 g/mol. The summed E-state index contributed by atoms with van der Waals surface area (Å²) in [5, 5.41) is 13.2. The summed E-state index contributed by atoms with van der Waals surface area (Å²) in [6.45, 7) is 2.70. The van der Waals surface area contributed by atoms with Crippen LogP contribution in [0.2, 0.25) is 0 Å². The first-order valence-corrected chi connectivity index (χ1v) is 9.69. The topological polar surface area (TPSA) is 35.5 Å². The molecule has 2 saturated heterocycles. The van der Waals surface area contributed by atoms with Crippen molar-refractivity contribution in [3.63, 3.8) is 0 Å². The second-order valence-electron chi connectivity index (χ2n) is 7.69. The van der Waals surface area contributed by atoms with Crippen LogP contribution >= 0.6 is 0 Å². The lowest BCUT2D eigenvalue weighted by Crippen LogP contribution is -2.45. The lowest BCUT2D eigenvalue weighted by molar-refractivity contribution is 0.127. The predicted octanol–water partition coefficient (Wildman–Crippen LogP) is 4.03. The van der Waals surface area contributed by atoms with Gasteiger partial charge in [0.15, 0.2) is 0 Å². The first-order chi connectivity index (χ1) is 12.7. The van der Waals surface area contributed by atoms with Crippen LogP contribution in [-0.2, 0) is 6.54 Å². The molecule has 0 radical (unpaired) electrons. The number of nitrogens with zero attached hydrogens (tertiary/aromatic N) is 1. The Labute approximate surface area is 154 Å². The van der Waals surface area contributed by atoms with E-state index in [1.807, 2.05) is 18.2 Å². The van der Waals surface area contributed by atoms with E-state index < -0.39 is 0 Å². The number of hydrogen-bond acceptors (Lipinski definition) is 3. The number of aromatic hydroxyl groups is 1. The molecule has 0 aliphatic carbocycles. The van der Waals surface area contributed by atoms with Gasteiger partial charge in [0.25, 0.3) is 0 Å². The molecule has 26 heavy (non-hydrogen) atoms. The quantitative estimate of drug-likeness (QED) is 0.769. The summed E-state index contributed by atoms with van der Waals surface area (Å²) < 4.78 is 13.2. The summed E-state index contributed by atoms with van der Waals surface area (Å²) in [7, 11) is 0. The van der Waals surface area contributed by atoms with Gasteiger partial charge in [-0.3, -0.25) is 4.90 Å². The number of phenolic OH excluding ortho intramolecular Hbond substituents is 1. The number of nitrogens with one attached hydrogen (secondary N) is 1. The molecule has 2 aromatic carbocycles. The lowest BCUT2D eigenvalue weighted by atomic mass is 9.85. The van der Waals surface area contributed by atoms with Crippen LogP contribution in [0.5, 0.6) is 5.75 Å². The fourth-order valence-corrected chi connectivity index (χ4v) is 4.78. The second-order valence-corrected chi connectivity index (χ2v) is 7.69. The predicted molar refractivity (Wildman–Crippen MR) is 102 cm³/mol. The van der Waals surface area contributed by atoms with E-state index in [0.29, 0.717) is 30.3 Å². The Balaban J connectivity index is 1.28. The van der Waals surface area contributed by atoms with Crippen LogP contribution in [0.1, 0.15) is 42.7 Å². The Morgan fingerprint density at radius 3 is 2.54 bits per heavy atom. The van der Waals surface area contributed by atoms with Gasteiger partial charge in [-0.2, -0.15) is 0 Å². The third-order valence-corrected chi connectivity index (χ3v) is 5.99. The molecule has 4 rings (SSSR count). The van der Waals surface area contributed by atoms with E-state index in [2.05, 4.69) is 16.3 Å². The van der Waals surface area contributed by atoms with Crippen LogP contribution in [-0.4, -0.2) is 35.2 Å². The molecule has 2 aliphatic rings. The zero-order valence-corrected chi connectivity index (χ0v) is 15.1. The van der Waals surface area contributed by atoms with Gasteiger partial charge < -0.3 is 10.4 Å². The average molecular weight is 354 g/mol. The molecule has 2 N–H and O–H groups in total. The maximum absolute atomic E-state index is 13.2. The molecule has 4 heteroatoms. The molecule has 138 valence electrons. The molecule has 2 heterocycles. The summed E-state index contributed by atoms with van der Waals surface area (Å²) in [5.74, 6) is 0.770. The molecule has 2 aliphatic heterocycles. The van der Waals surface area contributed by atoms with E-state index in [4.69, 9.17) is 0 Å². The van der Waals surface area contributed by atoms with Gasteiger partial charge in [0.1, 0.15) is 11.6 Å². The highest BCUT2D eigenvalue weighted by atomic mass is 19.1. The number of rotatable bonds is 6. The number of phenols is 1. The number of hydrogen-bond donors (Lipinski definition) is 2. The largest absolute Gasteiger partial charge is 0.508 e. The fourth-order valence-electron chi connectivity index (χ4n) is 4.78. The van der Waals surface area contributed by atoms with Crippen LogP contribution in [0, 0.1) is 5.82 Å². The van der Waals surface area contributed by atoms with E-state index >= 15 is 0 Å². The van der Waals surface area contributed by atoms with Crippen molar-refractivity contribution in [3.8, 4) is 5.75 Å². The van der Waals surface area contributed by atoms with Crippen molar-refractivity contribution in [1.82, 2.24) is 10.2 Å². The van der Waals surface area contributed by atoms with Gasteiger partial charge in [-0.15, -0.1) is 0 Å². The summed E-state index contributed by atoms with van der Waals surface area (Å²) >= 11 is 0. The summed E-state index contributed by atoms with van der Waals surface area (Å²) in [6, 6.07) is 15.9. The maximum Gasteiger partial charge on any atom is 0.123 e. The van der Waals surface area contributed by atoms with Gasteiger partial charge in [-0.25, -0.2) is 4.39 Å². The molecule has 3 nitrogen and oxygen atoms in total. The molecule has 1 unspecified atom stereocenters. The van der Waals surface area contributed by atoms with Gasteiger partial charge in [0, 0.05) is 31.7 Å². The first kappa shape index (κ1) is 17.5. The zero-order valence-electron chi connectivity index (χ0n) is 15.1. The molecule has 0 amide bonds. The van der Waals surface area contributed by atoms with Crippen LogP contribution in [0.15, 0.2) is 48.5 Å². The number of piperidine rings is 1. The lowest BCUT2D eigenvalue weighted by Gasteiger charge is -2.39. The standard InChI is InChI=1S/C22H27FN2O/c23-19-5-1-3-16(11-19)15-24-9-10-25-20-7-8-21(25)13-18(12-20)17-4-2-6-22(26)14-17/h1-6,11,14,18,20-21,24,26H,7-10,12-13,15H2/t18?,20-,21+. The highest BCUT2D eigenvalue weighted by Crippen LogP contribution is 2.43. The third kappa shape index (κ3) is 3.92. The van der Waals surface area contributed by atoms with Gasteiger partial charge in [0.05, 0.1) is 0 Å². The smallest absolute Gasteiger partial charge is 0.123 e. The third-order valence-electron chi connectivity index (χ3n) is 5.99. The molecule has 2 bridgehead atoms. The van der Waals surface area contributed by atoms with Crippen molar-refractivity contribution in [2.75, 3.05) is 13.1 Å². The SMILES string of the molecule is Oc1cccc(C2C[C@H]3CC[C@@H](C2)N3CCNCc2cccc(F)c2)c1. The van der Waals surface area contributed by atoms with Gasteiger partial charge in [-0.05, 0) is 67.0 Å². The summed E-state index contributed by atoms with van der Waals surface area (Å²) in [5.41, 5.74) is 2.28. The Bertz CT molecular complexity index is 736. The van der Waals surface area contributed by atoms with E-state index in [1.54, 1.807) is 18.2 Å².